The minimum absolute atomic E-state index is 0.0519. The highest BCUT2D eigenvalue weighted by molar-refractivity contribution is 9.69. The smallest absolute Gasteiger partial charge is 0.369 e. The van der Waals surface area contributed by atoms with Gasteiger partial charge in [0.05, 0.1) is 17.7 Å². The van der Waals surface area contributed by atoms with Crippen molar-refractivity contribution >= 4 is 96.8 Å². The fourth-order valence-corrected chi connectivity index (χ4v) is 9.61. The van der Waals surface area contributed by atoms with Crippen LogP contribution < -0.4 is 31.1 Å². The number of likely N-dealkylation sites (tertiary alicyclic amines) is 2. The topological polar surface area (TPSA) is 150 Å². The third-order valence-electron chi connectivity index (χ3n) is 13.6. The summed E-state index contributed by atoms with van der Waals surface area (Å²) in [5.74, 6) is -1.67. The summed E-state index contributed by atoms with van der Waals surface area (Å²) in [5.41, 5.74) is 4.30. The maximum Gasteiger partial charge on any atom is 0.369 e. The molecule has 8 rings (SSSR count). The van der Waals surface area contributed by atoms with Crippen molar-refractivity contribution in [1.29, 1.82) is 0 Å². The van der Waals surface area contributed by atoms with Crippen LogP contribution in [0.15, 0.2) is 72.8 Å². The van der Waals surface area contributed by atoms with Crippen molar-refractivity contribution in [2.75, 3.05) is 80.4 Å². The molecular formula is C49H58BBr3F4N8O5. The van der Waals surface area contributed by atoms with Gasteiger partial charge in [-0.25, -0.2) is 27.2 Å². The van der Waals surface area contributed by atoms with Crippen LogP contribution in [0.4, 0.5) is 49.9 Å². The monoisotopic (exact) mass is 1160 g/mol. The van der Waals surface area contributed by atoms with Gasteiger partial charge in [0.1, 0.15) is 23.3 Å². The Kier molecular flexibility index (Phi) is 19.1. The lowest BCUT2D eigenvalue weighted by Crippen LogP contribution is -2.59. The van der Waals surface area contributed by atoms with Crippen molar-refractivity contribution in [3.63, 3.8) is 0 Å². The first-order valence-corrected chi connectivity index (χ1v) is 25.9. The van der Waals surface area contributed by atoms with Crippen LogP contribution in [0.3, 0.4) is 0 Å². The number of nitrogens with one attached hydrogen (secondary N) is 4. The number of hydrogen-bond acceptors (Lipinski definition) is 9. The number of Topliss-reactive ketones (excluding diaryl/α,β-unsaturated/α-hetero) is 2. The van der Waals surface area contributed by atoms with Crippen LogP contribution in [0.2, 0.25) is 0 Å². The number of aliphatic hydroxyl groups is 1. The number of amides is 4. The number of aliphatic hydroxyl groups excluding tert-OH is 1. The van der Waals surface area contributed by atoms with Gasteiger partial charge in [-0.1, -0.05) is 19.1 Å². The van der Waals surface area contributed by atoms with Crippen LogP contribution in [0.5, 0.6) is 0 Å². The number of rotatable bonds is 10. The average molecular weight is 1170 g/mol. The molecule has 4 aliphatic rings. The van der Waals surface area contributed by atoms with Gasteiger partial charge in [0.2, 0.25) is 0 Å². The molecule has 2 fully saturated rings. The lowest BCUT2D eigenvalue weighted by molar-refractivity contribution is 0.0879. The van der Waals surface area contributed by atoms with Gasteiger partial charge in [0, 0.05) is 113 Å². The number of benzene rings is 4. The van der Waals surface area contributed by atoms with Gasteiger partial charge >= 0.3 is 15.2 Å². The molecule has 0 radical (unpaired) electrons. The molecule has 0 saturated carbocycles. The molecule has 4 aliphatic heterocycles. The average Bonchev–Trinajstić information content (AvgIpc) is 3.33. The largest absolute Gasteiger partial charge is 0.395 e. The number of fused-ring (bicyclic) bond motifs is 2. The van der Waals surface area contributed by atoms with Gasteiger partial charge in [-0.15, -0.1) is 47.3 Å². The highest BCUT2D eigenvalue weighted by Crippen LogP contribution is 2.43. The highest BCUT2D eigenvalue weighted by atomic mass is 79.9. The Morgan fingerprint density at radius 3 is 1.34 bits per heavy atom. The summed E-state index contributed by atoms with van der Waals surface area (Å²) >= 11 is 9.31. The van der Waals surface area contributed by atoms with Crippen molar-refractivity contribution in [1.82, 2.24) is 20.4 Å². The van der Waals surface area contributed by atoms with Crippen LogP contribution in [-0.2, 0) is 13.1 Å². The molecule has 21 heteroatoms. The first-order chi connectivity index (χ1) is 33.4. The third kappa shape index (κ3) is 13.4. The number of ketones is 2. The Hall–Kier alpha value is -4.86. The van der Waals surface area contributed by atoms with Gasteiger partial charge < -0.3 is 46.0 Å². The zero-order valence-electron chi connectivity index (χ0n) is 39.3. The van der Waals surface area contributed by atoms with Gasteiger partial charge in [-0.3, -0.25) is 9.59 Å². The molecule has 13 nitrogen and oxygen atoms in total. The third-order valence-corrected chi connectivity index (χ3v) is 13.6. The van der Waals surface area contributed by atoms with E-state index in [1.165, 1.54) is 48.5 Å². The lowest BCUT2D eigenvalue weighted by atomic mass is 9.77. The standard InChI is InChI=1S/C25H30F2N4O2.C24H28F2N4O3.BBr3/c1-3-10-28-21-14-19(27)5-4-17(21)16-29-24(33)31-11-8-25(9-12-31)15-23(32)20-13-18(26)6-7-22(20)30(25)2;1-29-21-5-4-17(25)12-19(21)22(32)14-24(29)6-9-30(10-7-24)23(33)28-15-16-2-3-18(26)13-20(16)27-8-11-31;2-1(3)4/h4-7,13-14,28H,3,8-12,15-16H2,1-2H3,(H,29,33);2-5,12-13,27,31H,6-11,14-15H2,1H3,(H,28,33);. The summed E-state index contributed by atoms with van der Waals surface area (Å²) in [7, 11) is 3.87. The fraction of sp³-hybridized carbons (Fsp3) is 0.429. The summed E-state index contributed by atoms with van der Waals surface area (Å²) in [4.78, 5) is 58.7. The maximum absolute atomic E-state index is 13.6. The first-order valence-electron chi connectivity index (χ1n) is 23.2. The van der Waals surface area contributed by atoms with E-state index < -0.39 is 23.0 Å². The van der Waals surface area contributed by atoms with Gasteiger partial charge in [-0.2, -0.15) is 0 Å². The summed E-state index contributed by atoms with van der Waals surface area (Å²) in [6.45, 7) is 5.46. The fourth-order valence-electron chi connectivity index (χ4n) is 9.61. The Balaban J connectivity index is 0.000000213. The molecule has 2 saturated heterocycles. The zero-order valence-corrected chi connectivity index (χ0v) is 44.1. The van der Waals surface area contributed by atoms with Crippen LogP contribution >= 0.6 is 47.3 Å². The van der Waals surface area contributed by atoms with Crippen LogP contribution in [0.25, 0.3) is 0 Å². The number of hydrogen-bond donors (Lipinski definition) is 5. The Labute approximate surface area is 431 Å². The van der Waals surface area contributed by atoms with E-state index in [0.29, 0.717) is 99.3 Å². The second-order valence-electron chi connectivity index (χ2n) is 17.8. The number of nitrogens with zero attached hydrogens (tertiary/aromatic N) is 4. The molecule has 376 valence electrons. The second kappa shape index (κ2) is 24.5. The number of piperidine rings is 2. The minimum Gasteiger partial charge on any atom is -0.395 e. The molecule has 0 aromatic heterocycles. The molecule has 4 amide bonds. The number of carbonyl (C=O) groups is 4. The SMILES string of the molecule is BrB(Br)Br.CCCNc1cc(F)ccc1CNC(=O)N1CCC2(CC1)CC(=O)c1cc(F)ccc1N2C.CN1c2ccc(F)cc2C(=O)CC12CCN(C(=O)NCc1ccc(F)cc1NCCO)CC2. The lowest BCUT2D eigenvalue weighted by Gasteiger charge is -2.50. The summed E-state index contributed by atoms with van der Waals surface area (Å²) in [5, 5.41) is 21.0. The van der Waals surface area contributed by atoms with E-state index in [1.807, 2.05) is 21.0 Å². The summed E-state index contributed by atoms with van der Waals surface area (Å²) in [6, 6.07) is 17.0. The molecule has 2 spiro atoms. The van der Waals surface area contributed by atoms with E-state index in [4.69, 9.17) is 5.11 Å². The number of halogens is 7. The quantitative estimate of drug-likeness (QED) is 0.0773. The van der Waals surface area contributed by atoms with Crippen LogP contribution in [-0.4, -0.2) is 113 Å². The minimum atomic E-state index is -0.422. The van der Waals surface area contributed by atoms with Crippen molar-refractivity contribution in [2.24, 2.45) is 0 Å². The van der Waals surface area contributed by atoms with E-state index in [9.17, 15) is 36.7 Å². The van der Waals surface area contributed by atoms with E-state index >= 15 is 0 Å². The van der Waals surface area contributed by atoms with Gasteiger partial charge in [0.25, 0.3) is 0 Å². The zero-order chi connectivity index (χ0) is 50.8. The number of carbonyl (C=O) groups excluding carboxylic acids is 4. The van der Waals surface area contributed by atoms with E-state index in [1.54, 1.807) is 34.1 Å². The maximum atomic E-state index is 13.6. The van der Waals surface area contributed by atoms with Crippen LogP contribution in [0.1, 0.15) is 83.7 Å². The molecule has 4 aromatic rings. The molecule has 4 heterocycles. The van der Waals surface area contributed by atoms with Gasteiger partial charge in [-0.05, 0) is 104 Å². The van der Waals surface area contributed by atoms with E-state index in [0.717, 1.165) is 29.9 Å². The molecule has 70 heavy (non-hydrogen) atoms. The Morgan fingerprint density at radius 2 is 0.971 bits per heavy atom. The van der Waals surface area contributed by atoms with Crippen molar-refractivity contribution in [3.8, 4) is 0 Å². The number of urea groups is 2. The molecule has 0 bridgehead atoms. The Morgan fingerprint density at radius 1 is 0.614 bits per heavy atom. The van der Waals surface area contributed by atoms with Crippen LogP contribution in [0, 0.1) is 23.3 Å². The second-order valence-corrected chi connectivity index (χ2v) is 24.2. The first kappa shape index (κ1) is 54.5. The summed E-state index contributed by atoms with van der Waals surface area (Å²) < 4.78 is 54.7. The summed E-state index contributed by atoms with van der Waals surface area (Å²) in [6.07, 6.45) is 4.08. The normalized spacial score (nSPS) is 16.6. The van der Waals surface area contributed by atoms with Gasteiger partial charge in [0.15, 0.2) is 11.6 Å². The van der Waals surface area contributed by atoms with E-state index in [-0.39, 0.29) is 57.9 Å². The van der Waals surface area contributed by atoms with Crippen molar-refractivity contribution in [3.05, 3.63) is 118 Å². The van der Waals surface area contributed by atoms with E-state index in [2.05, 4.69) is 78.3 Å². The van der Waals surface area contributed by atoms with Crippen molar-refractivity contribution in [2.45, 2.75) is 76.0 Å². The molecule has 4 aromatic carbocycles. The molecule has 0 unspecified atom stereocenters. The molecular weight excluding hydrogens is 1110 g/mol. The Bertz CT molecular complexity index is 2350. The molecule has 0 atom stereocenters. The predicted molar refractivity (Wildman–Crippen MR) is 279 cm³/mol. The van der Waals surface area contributed by atoms with Crippen molar-refractivity contribution < 1.29 is 41.8 Å². The highest BCUT2D eigenvalue weighted by Gasteiger charge is 2.46. The molecule has 5 N–H and O–H groups in total. The molecule has 0 aliphatic carbocycles. The predicted octanol–water partition coefficient (Wildman–Crippen LogP) is 9.85. The number of anilines is 4.